The Hall–Kier alpha value is -2.57. The van der Waals surface area contributed by atoms with Crippen LogP contribution in [-0.2, 0) is 20.7 Å². The van der Waals surface area contributed by atoms with Gasteiger partial charge in [0.25, 0.3) is 0 Å². The molecule has 1 aromatic rings. The predicted octanol–water partition coefficient (Wildman–Crippen LogP) is 3.97. The average molecular weight is 446 g/mol. The molecule has 0 bridgehead atoms. The van der Waals surface area contributed by atoms with Gasteiger partial charge in [-0.25, -0.2) is 4.79 Å². The van der Waals surface area contributed by atoms with E-state index >= 15 is 0 Å². The van der Waals surface area contributed by atoms with Crippen LogP contribution in [0.2, 0.25) is 0 Å². The summed E-state index contributed by atoms with van der Waals surface area (Å²) < 4.78 is 5.25. The summed E-state index contributed by atoms with van der Waals surface area (Å²) in [6, 6.07) is 6.99. The van der Waals surface area contributed by atoms with Gasteiger partial charge in [-0.05, 0) is 71.4 Å². The molecule has 0 spiro atoms. The van der Waals surface area contributed by atoms with E-state index in [0.717, 1.165) is 24.0 Å². The third-order valence-electron chi connectivity index (χ3n) is 5.22. The van der Waals surface area contributed by atoms with Crippen molar-refractivity contribution >= 4 is 17.9 Å². The number of benzene rings is 1. The van der Waals surface area contributed by atoms with Crippen molar-refractivity contribution < 1.29 is 19.1 Å². The fourth-order valence-electron chi connectivity index (χ4n) is 3.58. The lowest BCUT2D eigenvalue weighted by Crippen LogP contribution is -2.52. The molecule has 7 heteroatoms. The van der Waals surface area contributed by atoms with E-state index in [9.17, 15) is 14.4 Å². The molecule has 3 atom stereocenters. The highest BCUT2D eigenvalue weighted by Crippen LogP contribution is 2.40. The number of aryl methyl sites for hydroxylation is 1. The van der Waals surface area contributed by atoms with Gasteiger partial charge in [0.2, 0.25) is 11.8 Å². The second kappa shape index (κ2) is 9.92. The van der Waals surface area contributed by atoms with Gasteiger partial charge in [0.15, 0.2) is 0 Å². The van der Waals surface area contributed by atoms with E-state index in [4.69, 9.17) is 4.74 Å². The lowest BCUT2D eigenvalue weighted by Gasteiger charge is -2.34. The summed E-state index contributed by atoms with van der Waals surface area (Å²) in [6.07, 6.45) is 1.06. The molecular formula is C25H39N3O4. The third-order valence-corrected chi connectivity index (χ3v) is 5.22. The van der Waals surface area contributed by atoms with Crippen molar-refractivity contribution in [2.45, 2.75) is 91.5 Å². The smallest absolute Gasteiger partial charge is 0.408 e. The summed E-state index contributed by atoms with van der Waals surface area (Å²) >= 11 is 0. The van der Waals surface area contributed by atoms with E-state index in [0.29, 0.717) is 5.92 Å². The van der Waals surface area contributed by atoms with Crippen molar-refractivity contribution in [3.05, 3.63) is 35.4 Å². The second-order valence-corrected chi connectivity index (χ2v) is 10.7. The van der Waals surface area contributed by atoms with Crippen molar-refractivity contribution in [1.82, 2.24) is 15.5 Å². The van der Waals surface area contributed by atoms with Crippen LogP contribution in [0.5, 0.6) is 0 Å². The highest BCUT2D eigenvalue weighted by atomic mass is 16.6. The summed E-state index contributed by atoms with van der Waals surface area (Å²) in [7, 11) is 0. The van der Waals surface area contributed by atoms with E-state index in [1.54, 1.807) is 25.7 Å². The largest absolute Gasteiger partial charge is 0.444 e. The molecule has 0 aromatic heterocycles. The number of nitrogens with zero attached hydrogens (tertiary/aromatic N) is 1. The fraction of sp³-hybridized carbons (Fsp3) is 0.640. The number of carbonyl (C=O) groups is 3. The SMILES string of the molecule is CCc1ccc(C(C(=O)NC(C)(C)C)N(C(=O)CNC(=O)OC(C)(C)C)C2CC2C)cc1. The monoisotopic (exact) mass is 445 g/mol. The molecule has 1 aromatic carbocycles. The maximum absolute atomic E-state index is 13.4. The Labute approximate surface area is 192 Å². The standard InChI is InChI=1S/C25H39N3O4/c1-9-17-10-12-18(13-11-17)21(22(30)27-24(3,4)5)28(19-14-16(19)2)20(29)15-26-23(31)32-25(6,7)8/h10-13,16,19,21H,9,14-15H2,1-8H3,(H,26,31)(H,27,30). The summed E-state index contributed by atoms with van der Waals surface area (Å²) in [5.74, 6) is -0.245. The van der Waals surface area contributed by atoms with Crippen molar-refractivity contribution in [2.24, 2.45) is 5.92 Å². The predicted molar refractivity (Wildman–Crippen MR) is 125 cm³/mol. The first-order valence-corrected chi connectivity index (χ1v) is 11.4. The van der Waals surface area contributed by atoms with Crippen molar-refractivity contribution in [3.8, 4) is 0 Å². The molecule has 1 fully saturated rings. The molecule has 1 saturated carbocycles. The summed E-state index contributed by atoms with van der Waals surface area (Å²) in [5.41, 5.74) is 0.812. The van der Waals surface area contributed by atoms with E-state index < -0.39 is 23.3 Å². The molecule has 3 unspecified atom stereocenters. The molecular weight excluding hydrogens is 406 g/mol. The molecule has 0 radical (unpaired) electrons. The molecule has 32 heavy (non-hydrogen) atoms. The Morgan fingerprint density at radius 2 is 1.66 bits per heavy atom. The number of rotatable bonds is 7. The maximum atomic E-state index is 13.4. The van der Waals surface area contributed by atoms with Crippen LogP contribution in [0.25, 0.3) is 0 Å². The van der Waals surface area contributed by atoms with E-state index in [2.05, 4.69) is 24.5 Å². The minimum atomic E-state index is -0.775. The lowest BCUT2D eigenvalue weighted by molar-refractivity contribution is -0.141. The highest BCUT2D eigenvalue weighted by Gasteiger charge is 2.46. The summed E-state index contributed by atoms with van der Waals surface area (Å²) in [4.78, 5) is 40.5. The van der Waals surface area contributed by atoms with E-state index in [1.807, 2.05) is 45.0 Å². The molecule has 0 aliphatic heterocycles. The van der Waals surface area contributed by atoms with Crippen molar-refractivity contribution in [2.75, 3.05) is 6.54 Å². The topological polar surface area (TPSA) is 87.7 Å². The molecule has 0 heterocycles. The minimum absolute atomic E-state index is 0.0514. The van der Waals surface area contributed by atoms with Gasteiger partial charge >= 0.3 is 6.09 Å². The highest BCUT2D eigenvalue weighted by molar-refractivity contribution is 5.91. The fourth-order valence-corrected chi connectivity index (χ4v) is 3.58. The Morgan fingerprint density at radius 3 is 2.09 bits per heavy atom. The van der Waals surface area contributed by atoms with E-state index in [1.165, 1.54) is 0 Å². The van der Waals surface area contributed by atoms with Gasteiger partial charge in [0, 0.05) is 11.6 Å². The van der Waals surface area contributed by atoms with Gasteiger partial charge in [-0.2, -0.15) is 0 Å². The summed E-state index contributed by atoms with van der Waals surface area (Å²) in [5, 5.41) is 5.57. The van der Waals surface area contributed by atoms with E-state index in [-0.39, 0.29) is 24.4 Å². The number of nitrogens with one attached hydrogen (secondary N) is 2. The van der Waals surface area contributed by atoms with Crippen LogP contribution >= 0.6 is 0 Å². The molecule has 1 aliphatic rings. The van der Waals surface area contributed by atoms with Gasteiger partial charge in [0.1, 0.15) is 18.2 Å². The Balaban J connectivity index is 2.32. The quantitative estimate of drug-likeness (QED) is 0.665. The van der Waals surface area contributed by atoms with Crippen LogP contribution < -0.4 is 10.6 Å². The molecule has 2 N–H and O–H groups in total. The number of carbonyl (C=O) groups excluding carboxylic acids is 3. The molecule has 7 nitrogen and oxygen atoms in total. The van der Waals surface area contributed by atoms with Crippen LogP contribution in [0.4, 0.5) is 4.79 Å². The van der Waals surface area contributed by atoms with Crippen molar-refractivity contribution in [1.29, 1.82) is 0 Å². The van der Waals surface area contributed by atoms with Gasteiger partial charge in [-0.15, -0.1) is 0 Å². The number of ether oxygens (including phenoxy) is 1. The normalized spacial score (nSPS) is 19.0. The van der Waals surface area contributed by atoms with Gasteiger partial charge in [-0.1, -0.05) is 38.1 Å². The Morgan fingerprint density at radius 1 is 1.09 bits per heavy atom. The molecule has 0 saturated heterocycles. The molecule has 3 amide bonds. The van der Waals surface area contributed by atoms with Crippen molar-refractivity contribution in [3.63, 3.8) is 0 Å². The zero-order valence-corrected chi connectivity index (χ0v) is 20.7. The minimum Gasteiger partial charge on any atom is -0.444 e. The molecule has 1 aliphatic carbocycles. The maximum Gasteiger partial charge on any atom is 0.408 e. The lowest BCUT2D eigenvalue weighted by atomic mass is 9.99. The van der Waals surface area contributed by atoms with Crippen LogP contribution in [0, 0.1) is 5.92 Å². The average Bonchev–Trinajstić information content (AvgIpc) is 3.37. The number of alkyl carbamates (subject to hydrolysis) is 1. The van der Waals surface area contributed by atoms with Gasteiger partial charge in [0.05, 0.1) is 0 Å². The number of hydrogen-bond donors (Lipinski definition) is 2. The zero-order chi connectivity index (χ0) is 24.3. The number of hydrogen-bond acceptors (Lipinski definition) is 4. The Bertz CT molecular complexity index is 821. The van der Waals surface area contributed by atoms with Crippen LogP contribution in [-0.4, -0.2) is 46.5 Å². The first-order valence-electron chi connectivity index (χ1n) is 11.4. The van der Waals surface area contributed by atoms with Crippen LogP contribution in [0.15, 0.2) is 24.3 Å². The third kappa shape index (κ3) is 7.53. The zero-order valence-electron chi connectivity index (χ0n) is 20.7. The number of amides is 3. The van der Waals surface area contributed by atoms with Crippen LogP contribution in [0.3, 0.4) is 0 Å². The summed E-state index contributed by atoms with van der Waals surface area (Å²) in [6.45, 7) is 14.9. The first-order chi connectivity index (χ1) is 14.7. The Kier molecular flexibility index (Phi) is 7.97. The van der Waals surface area contributed by atoms with Gasteiger partial charge in [-0.3, -0.25) is 9.59 Å². The van der Waals surface area contributed by atoms with Gasteiger partial charge < -0.3 is 20.3 Å². The second-order valence-electron chi connectivity index (χ2n) is 10.7. The molecule has 178 valence electrons. The molecule has 2 rings (SSSR count). The first kappa shape index (κ1) is 25.7. The van der Waals surface area contributed by atoms with Crippen LogP contribution in [0.1, 0.15) is 79.0 Å².